The lowest BCUT2D eigenvalue weighted by Crippen LogP contribution is -2.14. The van der Waals surface area contributed by atoms with Gasteiger partial charge in [0, 0.05) is 17.0 Å². The van der Waals surface area contributed by atoms with Crippen molar-refractivity contribution in [2.45, 2.75) is 17.9 Å². The maximum absolute atomic E-state index is 5.89. The molecule has 1 N–H and O–H groups in total. The molecule has 0 aliphatic rings. The second kappa shape index (κ2) is 6.10. The van der Waals surface area contributed by atoms with Crippen LogP contribution in [-0.2, 0) is 7.05 Å². The minimum absolute atomic E-state index is 0.142. The molecular weight excluding hydrogens is 302 g/mol. The first-order chi connectivity index (χ1) is 10.1. The Bertz CT molecular complexity index is 752. The van der Waals surface area contributed by atoms with Crippen molar-refractivity contribution in [3.63, 3.8) is 0 Å². The summed E-state index contributed by atoms with van der Waals surface area (Å²) in [5.41, 5.74) is 2.18. The fourth-order valence-corrected chi connectivity index (χ4v) is 3.08. The zero-order valence-corrected chi connectivity index (χ0v) is 13.4. The molecule has 3 rings (SSSR count). The van der Waals surface area contributed by atoms with E-state index in [4.69, 9.17) is 16.6 Å². The summed E-state index contributed by atoms with van der Waals surface area (Å²) in [7, 11) is 2.05. The number of nitrogens with one attached hydrogen (secondary N) is 1. The maximum atomic E-state index is 5.89. The van der Waals surface area contributed by atoms with Crippen LogP contribution < -0.4 is 4.72 Å². The Balaban J connectivity index is 1.76. The molecular formula is C16H16ClN3S. The maximum Gasteiger partial charge on any atom is 0.127 e. The Kier molecular flexibility index (Phi) is 4.19. The van der Waals surface area contributed by atoms with Gasteiger partial charge in [0.25, 0.3) is 0 Å². The van der Waals surface area contributed by atoms with Crippen LogP contribution in [0.5, 0.6) is 0 Å². The third kappa shape index (κ3) is 3.07. The smallest absolute Gasteiger partial charge is 0.127 e. The number of nitrogens with zero attached hydrogens (tertiary/aromatic N) is 2. The molecule has 0 spiro atoms. The van der Waals surface area contributed by atoms with E-state index in [0.29, 0.717) is 0 Å². The number of fused-ring (bicyclic) bond motifs is 1. The Hall–Kier alpha value is -1.49. The monoisotopic (exact) mass is 317 g/mol. The van der Waals surface area contributed by atoms with Gasteiger partial charge in [-0.05, 0) is 55.3 Å². The van der Waals surface area contributed by atoms with Crippen LogP contribution in [0.25, 0.3) is 11.0 Å². The summed E-state index contributed by atoms with van der Waals surface area (Å²) in [5.74, 6) is 1.03. The summed E-state index contributed by atoms with van der Waals surface area (Å²) in [6.07, 6.45) is 0. The quantitative estimate of drug-likeness (QED) is 0.714. The molecule has 2 aromatic carbocycles. The van der Waals surface area contributed by atoms with Gasteiger partial charge in [-0.25, -0.2) is 9.71 Å². The average Bonchev–Trinajstić information content (AvgIpc) is 2.84. The molecule has 5 heteroatoms. The van der Waals surface area contributed by atoms with Crippen LogP contribution in [0.2, 0.25) is 5.02 Å². The van der Waals surface area contributed by atoms with Gasteiger partial charge in [-0.3, -0.25) is 0 Å². The van der Waals surface area contributed by atoms with Crippen LogP contribution in [0.15, 0.2) is 53.4 Å². The van der Waals surface area contributed by atoms with E-state index in [1.807, 2.05) is 42.5 Å². The molecule has 1 aromatic heterocycles. The first-order valence-corrected chi connectivity index (χ1v) is 7.94. The lowest BCUT2D eigenvalue weighted by molar-refractivity contribution is 0.658. The van der Waals surface area contributed by atoms with E-state index in [-0.39, 0.29) is 6.04 Å². The molecule has 108 valence electrons. The highest BCUT2D eigenvalue weighted by atomic mass is 35.5. The van der Waals surface area contributed by atoms with Gasteiger partial charge < -0.3 is 4.57 Å². The molecule has 0 aliphatic carbocycles. The predicted molar refractivity (Wildman–Crippen MR) is 89.6 cm³/mol. The van der Waals surface area contributed by atoms with Crippen molar-refractivity contribution in [1.29, 1.82) is 0 Å². The molecule has 0 bridgehead atoms. The molecule has 0 aliphatic heterocycles. The van der Waals surface area contributed by atoms with E-state index in [0.717, 1.165) is 26.8 Å². The fraction of sp³-hybridized carbons (Fsp3) is 0.188. The molecule has 0 saturated carbocycles. The SMILES string of the molecule is CC(NSc1ccc(Cl)cc1)c1nc2ccccc2n1C. The Labute approximate surface area is 133 Å². The summed E-state index contributed by atoms with van der Waals surface area (Å²) >= 11 is 7.48. The highest BCUT2D eigenvalue weighted by Gasteiger charge is 2.14. The van der Waals surface area contributed by atoms with Gasteiger partial charge in [0.1, 0.15) is 5.82 Å². The second-order valence-electron chi connectivity index (χ2n) is 4.91. The van der Waals surface area contributed by atoms with Gasteiger partial charge in [0.15, 0.2) is 0 Å². The van der Waals surface area contributed by atoms with Crippen molar-refractivity contribution in [2.75, 3.05) is 0 Å². The van der Waals surface area contributed by atoms with Crippen molar-refractivity contribution in [3.8, 4) is 0 Å². The van der Waals surface area contributed by atoms with Crippen LogP contribution in [0.4, 0.5) is 0 Å². The van der Waals surface area contributed by atoms with Crippen LogP contribution in [0.1, 0.15) is 18.8 Å². The highest BCUT2D eigenvalue weighted by molar-refractivity contribution is 7.97. The van der Waals surface area contributed by atoms with E-state index in [2.05, 4.69) is 29.3 Å². The predicted octanol–water partition coefficient (Wildman–Crippen LogP) is 4.58. The first kappa shape index (κ1) is 14.4. The Morgan fingerprint density at radius 1 is 1.14 bits per heavy atom. The van der Waals surface area contributed by atoms with Gasteiger partial charge in [-0.15, -0.1) is 0 Å². The zero-order chi connectivity index (χ0) is 14.8. The van der Waals surface area contributed by atoms with Gasteiger partial charge >= 0.3 is 0 Å². The summed E-state index contributed by atoms with van der Waals surface area (Å²) in [6, 6.07) is 16.1. The van der Waals surface area contributed by atoms with Crippen LogP contribution in [-0.4, -0.2) is 9.55 Å². The molecule has 21 heavy (non-hydrogen) atoms. The lowest BCUT2D eigenvalue weighted by Gasteiger charge is -2.13. The fourth-order valence-electron chi connectivity index (χ4n) is 2.26. The molecule has 3 nitrogen and oxygen atoms in total. The molecule has 1 heterocycles. The van der Waals surface area contributed by atoms with Crippen molar-refractivity contribution in [2.24, 2.45) is 7.05 Å². The normalized spacial score (nSPS) is 12.7. The minimum atomic E-state index is 0.142. The molecule has 0 radical (unpaired) electrons. The lowest BCUT2D eigenvalue weighted by atomic mass is 10.3. The van der Waals surface area contributed by atoms with Crippen LogP contribution in [0.3, 0.4) is 0 Å². The van der Waals surface area contributed by atoms with Gasteiger partial charge in [-0.2, -0.15) is 0 Å². The topological polar surface area (TPSA) is 29.9 Å². The molecule has 0 fully saturated rings. The number of imidazole rings is 1. The van der Waals surface area contributed by atoms with Gasteiger partial charge in [-0.1, -0.05) is 23.7 Å². The van der Waals surface area contributed by atoms with E-state index >= 15 is 0 Å². The number of aromatic nitrogens is 2. The number of hydrogen-bond acceptors (Lipinski definition) is 3. The van der Waals surface area contributed by atoms with Gasteiger partial charge in [0.05, 0.1) is 17.1 Å². The highest BCUT2D eigenvalue weighted by Crippen LogP contribution is 2.24. The standard InChI is InChI=1S/C16H16ClN3S/c1-11(19-21-13-9-7-12(17)8-10-13)16-18-14-5-3-4-6-15(14)20(16)2/h3-11,19H,1-2H3. The van der Waals surface area contributed by atoms with Crippen molar-refractivity contribution >= 4 is 34.6 Å². The number of para-hydroxylation sites is 2. The average molecular weight is 318 g/mol. The Morgan fingerprint density at radius 2 is 1.86 bits per heavy atom. The second-order valence-corrected chi connectivity index (χ2v) is 6.26. The van der Waals surface area contributed by atoms with Crippen LogP contribution in [0, 0.1) is 0 Å². The third-order valence-electron chi connectivity index (χ3n) is 3.38. The molecule has 0 saturated heterocycles. The number of hydrogen-bond donors (Lipinski definition) is 1. The van der Waals surface area contributed by atoms with Crippen molar-refractivity contribution in [1.82, 2.24) is 14.3 Å². The number of halogens is 1. The summed E-state index contributed by atoms with van der Waals surface area (Å²) in [4.78, 5) is 5.83. The van der Waals surface area contributed by atoms with E-state index in [9.17, 15) is 0 Å². The van der Waals surface area contributed by atoms with E-state index < -0.39 is 0 Å². The first-order valence-electron chi connectivity index (χ1n) is 6.74. The summed E-state index contributed by atoms with van der Waals surface area (Å²) in [5, 5.41) is 0.753. The number of benzene rings is 2. The largest absolute Gasteiger partial charge is 0.330 e. The number of rotatable bonds is 4. The zero-order valence-electron chi connectivity index (χ0n) is 11.9. The molecule has 0 amide bonds. The van der Waals surface area contributed by atoms with Gasteiger partial charge in [0.2, 0.25) is 0 Å². The minimum Gasteiger partial charge on any atom is -0.330 e. The molecule has 3 aromatic rings. The van der Waals surface area contributed by atoms with E-state index in [1.165, 1.54) is 0 Å². The molecule has 1 unspecified atom stereocenters. The third-order valence-corrected chi connectivity index (χ3v) is 4.61. The van der Waals surface area contributed by atoms with Crippen molar-refractivity contribution in [3.05, 3.63) is 59.4 Å². The van der Waals surface area contributed by atoms with Crippen molar-refractivity contribution < 1.29 is 0 Å². The molecule has 1 atom stereocenters. The Morgan fingerprint density at radius 3 is 2.57 bits per heavy atom. The van der Waals surface area contributed by atoms with Crippen LogP contribution >= 0.6 is 23.5 Å². The summed E-state index contributed by atoms with van der Waals surface area (Å²) in [6.45, 7) is 2.12. The summed E-state index contributed by atoms with van der Waals surface area (Å²) < 4.78 is 5.56. The number of aryl methyl sites for hydroxylation is 1. The van der Waals surface area contributed by atoms with E-state index in [1.54, 1.807) is 11.9 Å².